The molecule has 2 fully saturated rings. The first kappa shape index (κ1) is 14.1. The number of rotatable bonds is 3. The van der Waals surface area contributed by atoms with Gasteiger partial charge < -0.3 is 10.2 Å². The van der Waals surface area contributed by atoms with Gasteiger partial charge in [-0.1, -0.05) is 0 Å². The second-order valence-corrected chi connectivity index (χ2v) is 5.92. The van der Waals surface area contributed by atoms with E-state index in [1.165, 1.54) is 6.42 Å². The molecule has 0 amide bonds. The van der Waals surface area contributed by atoms with Gasteiger partial charge >= 0.3 is 6.18 Å². The molecule has 106 valence electrons. The van der Waals surface area contributed by atoms with Crippen LogP contribution in [0.5, 0.6) is 0 Å². The molecule has 2 rings (SSSR count). The van der Waals surface area contributed by atoms with Crippen LogP contribution >= 0.6 is 0 Å². The van der Waals surface area contributed by atoms with Crippen LogP contribution in [0.15, 0.2) is 0 Å². The lowest BCUT2D eigenvalue weighted by atomic mass is 9.85. The van der Waals surface area contributed by atoms with Crippen LogP contribution in [-0.4, -0.2) is 43.8 Å². The molecule has 0 bridgehead atoms. The van der Waals surface area contributed by atoms with Crippen molar-refractivity contribution in [3.8, 4) is 0 Å². The zero-order valence-electron chi connectivity index (χ0n) is 11.0. The molecule has 1 unspecified atom stereocenters. The van der Waals surface area contributed by atoms with Crippen LogP contribution in [0, 0.1) is 11.8 Å². The topological polar surface area (TPSA) is 15.3 Å². The minimum atomic E-state index is -3.99. The summed E-state index contributed by atoms with van der Waals surface area (Å²) in [5, 5.41) is 3.46. The Morgan fingerprint density at radius 3 is 2.28 bits per heavy atom. The molecule has 1 atom stereocenters. The molecule has 2 aliphatic rings. The summed E-state index contributed by atoms with van der Waals surface area (Å²) in [5.74, 6) is -0.386. The molecule has 0 spiro atoms. The van der Waals surface area contributed by atoms with E-state index >= 15 is 0 Å². The zero-order valence-corrected chi connectivity index (χ0v) is 11.0. The van der Waals surface area contributed by atoms with Crippen molar-refractivity contribution in [1.29, 1.82) is 0 Å². The lowest BCUT2D eigenvalue weighted by Crippen LogP contribution is -2.39. The van der Waals surface area contributed by atoms with Gasteiger partial charge in [0.1, 0.15) is 0 Å². The standard InChI is InChI=1S/C13H23F3N2/c1-18-7-6-10(9-18)8-17-12-4-2-11(3-5-12)13(14,15)16/h10-12,17H,2-9H2,1H3. The number of alkyl halides is 3. The summed E-state index contributed by atoms with van der Waals surface area (Å²) < 4.78 is 37.6. The molecule has 0 aromatic carbocycles. The van der Waals surface area contributed by atoms with Gasteiger partial charge in [0.15, 0.2) is 0 Å². The van der Waals surface area contributed by atoms with E-state index in [2.05, 4.69) is 17.3 Å². The number of nitrogens with zero attached hydrogens (tertiary/aromatic N) is 1. The molecular formula is C13H23F3N2. The van der Waals surface area contributed by atoms with Crippen LogP contribution in [0.3, 0.4) is 0 Å². The van der Waals surface area contributed by atoms with Gasteiger partial charge in [-0.25, -0.2) is 0 Å². The van der Waals surface area contributed by atoms with E-state index in [-0.39, 0.29) is 0 Å². The minimum Gasteiger partial charge on any atom is -0.314 e. The third kappa shape index (κ3) is 3.85. The predicted molar refractivity (Wildman–Crippen MR) is 65.4 cm³/mol. The number of halogens is 3. The number of likely N-dealkylation sites (tertiary alicyclic amines) is 1. The quantitative estimate of drug-likeness (QED) is 0.843. The fourth-order valence-corrected chi connectivity index (χ4v) is 3.15. The maximum Gasteiger partial charge on any atom is 0.391 e. The molecule has 1 N–H and O–H groups in total. The van der Waals surface area contributed by atoms with Crippen LogP contribution < -0.4 is 5.32 Å². The Kier molecular flexibility index (Phi) is 4.54. The largest absolute Gasteiger partial charge is 0.391 e. The molecule has 1 aliphatic heterocycles. The van der Waals surface area contributed by atoms with Crippen LogP contribution in [0.2, 0.25) is 0 Å². The summed E-state index contributed by atoms with van der Waals surface area (Å²) in [6, 6.07) is 0.300. The summed E-state index contributed by atoms with van der Waals surface area (Å²) in [4.78, 5) is 2.31. The Morgan fingerprint density at radius 1 is 1.11 bits per heavy atom. The summed E-state index contributed by atoms with van der Waals surface area (Å²) in [6.45, 7) is 3.23. The number of hydrogen-bond acceptors (Lipinski definition) is 2. The smallest absolute Gasteiger partial charge is 0.314 e. The Balaban J connectivity index is 1.65. The second kappa shape index (κ2) is 5.78. The van der Waals surface area contributed by atoms with Gasteiger partial charge in [0, 0.05) is 12.6 Å². The van der Waals surface area contributed by atoms with Crippen LogP contribution in [0.1, 0.15) is 32.1 Å². The minimum absolute atomic E-state index is 0.297. The maximum absolute atomic E-state index is 12.5. The molecule has 1 heterocycles. The molecular weight excluding hydrogens is 241 g/mol. The first-order valence-corrected chi connectivity index (χ1v) is 6.94. The van der Waals surface area contributed by atoms with Crippen molar-refractivity contribution >= 4 is 0 Å². The predicted octanol–water partition coefficient (Wildman–Crippen LogP) is 2.65. The van der Waals surface area contributed by atoms with Gasteiger partial charge in [-0.05, 0) is 58.2 Å². The fourth-order valence-electron chi connectivity index (χ4n) is 3.15. The summed E-state index contributed by atoms with van der Waals surface area (Å²) in [7, 11) is 2.12. The Labute approximate surface area is 107 Å². The first-order valence-electron chi connectivity index (χ1n) is 6.94. The number of hydrogen-bond donors (Lipinski definition) is 1. The molecule has 0 radical (unpaired) electrons. The van der Waals surface area contributed by atoms with Crippen molar-refractivity contribution in [2.75, 3.05) is 26.7 Å². The van der Waals surface area contributed by atoms with Gasteiger partial charge in [-0.15, -0.1) is 0 Å². The van der Waals surface area contributed by atoms with Gasteiger partial charge in [0.2, 0.25) is 0 Å². The molecule has 0 aromatic rings. The Morgan fingerprint density at radius 2 is 1.78 bits per heavy atom. The summed E-state index contributed by atoms with van der Waals surface area (Å²) in [5.41, 5.74) is 0. The summed E-state index contributed by atoms with van der Waals surface area (Å²) in [6.07, 6.45) is -0.836. The fraction of sp³-hybridized carbons (Fsp3) is 1.00. The van der Waals surface area contributed by atoms with Crippen LogP contribution in [-0.2, 0) is 0 Å². The number of nitrogens with one attached hydrogen (secondary N) is 1. The maximum atomic E-state index is 12.5. The van der Waals surface area contributed by atoms with Crippen LogP contribution in [0.4, 0.5) is 13.2 Å². The molecule has 1 aliphatic carbocycles. The lowest BCUT2D eigenvalue weighted by Gasteiger charge is -2.31. The third-order valence-electron chi connectivity index (χ3n) is 4.37. The van der Waals surface area contributed by atoms with Crippen molar-refractivity contribution in [3.63, 3.8) is 0 Å². The molecule has 1 saturated heterocycles. The van der Waals surface area contributed by atoms with E-state index in [1.807, 2.05) is 0 Å². The van der Waals surface area contributed by atoms with Gasteiger partial charge in [-0.3, -0.25) is 0 Å². The van der Waals surface area contributed by atoms with E-state index < -0.39 is 12.1 Å². The van der Waals surface area contributed by atoms with E-state index in [4.69, 9.17) is 0 Å². The Bertz CT molecular complexity index is 259. The monoisotopic (exact) mass is 264 g/mol. The van der Waals surface area contributed by atoms with E-state index in [0.717, 1.165) is 19.6 Å². The Hall–Kier alpha value is -0.290. The third-order valence-corrected chi connectivity index (χ3v) is 4.37. The molecule has 18 heavy (non-hydrogen) atoms. The van der Waals surface area contributed by atoms with E-state index in [9.17, 15) is 13.2 Å². The van der Waals surface area contributed by atoms with Crippen molar-refractivity contribution in [2.24, 2.45) is 11.8 Å². The second-order valence-electron chi connectivity index (χ2n) is 5.92. The van der Waals surface area contributed by atoms with Gasteiger partial charge in [0.05, 0.1) is 5.92 Å². The average Bonchev–Trinajstić information content (AvgIpc) is 2.72. The molecule has 1 saturated carbocycles. The summed E-state index contributed by atoms with van der Waals surface area (Å²) >= 11 is 0. The highest BCUT2D eigenvalue weighted by Crippen LogP contribution is 2.37. The SMILES string of the molecule is CN1CCC(CNC2CCC(C(F)(F)F)CC2)C1. The van der Waals surface area contributed by atoms with E-state index in [1.54, 1.807) is 0 Å². The highest BCUT2D eigenvalue weighted by molar-refractivity contribution is 4.82. The normalized spacial score (nSPS) is 35.0. The molecule has 5 heteroatoms. The van der Waals surface area contributed by atoms with Crippen LogP contribution in [0.25, 0.3) is 0 Å². The van der Waals surface area contributed by atoms with E-state index in [0.29, 0.717) is 37.6 Å². The first-order chi connectivity index (χ1) is 8.45. The highest BCUT2D eigenvalue weighted by atomic mass is 19.4. The van der Waals surface area contributed by atoms with Crippen molar-refractivity contribution in [1.82, 2.24) is 10.2 Å². The van der Waals surface area contributed by atoms with Gasteiger partial charge in [0.25, 0.3) is 0 Å². The van der Waals surface area contributed by atoms with Gasteiger partial charge in [-0.2, -0.15) is 13.2 Å². The highest BCUT2D eigenvalue weighted by Gasteiger charge is 2.41. The van der Waals surface area contributed by atoms with Crippen molar-refractivity contribution < 1.29 is 13.2 Å². The molecule has 2 nitrogen and oxygen atoms in total. The lowest BCUT2D eigenvalue weighted by molar-refractivity contribution is -0.182. The molecule has 0 aromatic heterocycles. The zero-order chi connectivity index (χ0) is 13.2. The van der Waals surface area contributed by atoms with Crippen molar-refractivity contribution in [3.05, 3.63) is 0 Å². The average molecular weight is 264 g/mol. The van der Waals surface area contributed by atoms with Crippen molar-refractivity contribution in [2.45, 2.75) is 44.3 Å².